The van der Waals surface area contributed by atoms with Crippen molar-refractivity contribution in [2.45, 2.75) is 12.5 Å². The van der Waals surface area contributed by atoms with Gasteiger partial charge in [0.05, 0.1) is 5.69 Å². The molecular formula is C22H24FN3OS. The fourth-order valence-electron chi connectivity index (χ4n) is 3.72. The van der Waals surface area contributed by atoms with Crippen LogP contribution in [-0.4, -0.2) is 47.7 Å². The van der Waals surface area contributed by atoms with E-state index in [0.717, 1.165) is 39.1 Å². The largest absolute Gasteiger partial charge is 0.381 e. The topological polar surface area (TPSA) is 39.6 Å². The van der Waals surface area contributed by atoms with Gasteiger partial charge in [0.1, 0.15) is 16.9 Å². The highest BCUT2D eigenvalue weighted by Gasteiger charge is 2.26. The number of rotatable bonds is 6. The van der Waals surface area contributed by atoms with Crippen LogP contribution >= 0.6 is 11.3 Å². The molecule has 1 atom stereocenters. The summed E-state index contributed by atoms with van der Waals surface area (Å²) in [6.07, 6.45) is 1.78. The Kier molecular flexibility index (Phi) is 6.00. The summed E-state index contributed by atoms with van der Waals surface area (Å²) in [5.74, 6) is -0.286. The number of hydrogen-bond donors (Lipinski definition) is 1. The fourth-order valence-corrected chi connectivity index (χ4v) is 4.35. The third kappa shape index (κ3) is 4.24. The lowest BCUT2D eigenvalue weighted by Gasteiger charge is -2.37. The summed E-state index contributed by atoms with van der Waals surface area (Å²) in [6, 6.07) is 15.4. The Labute approximate surface area is 168 Å². The minimum atomic E-state index is -0.901. The first-order valence-electron chi connectivity index (χ1n) is 9.59. The molecule has 1 saturated heterocycles. The lowest BCUT2D eigenvalue weighted by atomic mass is 10.0. The van der Waals surface area contributed by atoms with Gasteiger partial charge in [-0.3, -0.25) is 4.90 Å². The number of hydrogen-bond acceptors (Lipinski definition) is 5. The minimum Gasteiger partial charge on any atom is -0.381 e. The number of halogens is 1. The van der Waals surface area contributed by atoms with E-state index in [1.54, 1.807) is 18.3 Å². The standard InChI is InChI=1S/C22H24FN3OS/c23-19-8-4-7-18(21(27)22-24-10-16-28-22)20(19)26-14-12-25(13-15-26)11-9-17-5-2-1-3-6-17/h1-8,10,16,21,27H,9,11-15H2. The van der Waals surface area contributed by atoms with Crippen molar-refractivity contribution in [1.82, 2.24) is 9.88 Å². The van der Waals surface area contributed by atoms with E-state index in [9.17, 15) is 9.50 Å². The molecule has 0 saturated carbocycles. The first-order valence-corrected chi connectivity index (χ1v) is 10.5. The van der Waals surface area contributed by atoms with Crippen molar-refractivity contribution in [3.63, 3.8) is 0 Å². The van der Waals surface area contributed by atoms with Gasteiger partial charge in [-0.15, -0.1) is 11.3 Å². The number of nitrogens with zero attached hydrogens (tertiary/aromatic N) is 3. The van der Waals surface area contributed by atoms with E-state index in [1.807, 2.05) is 11.4 Å². The molecule has 1 fully saturated rings. The first-order chi connectivity index (χ1) is 13.7. The molecule has 0 radical (unpaired) electrons. The van der Waals surface area contributed by atoms with Crippen LogP contribution in [0, 0.1) is 5.82 Å². The monoisotopic (exact) mass is 397 g/mol. The number of aliphatic hydroxyl groups excluding tert-OH is 1. The van der Waals surface area contributed by atoms with Crippen molar-refractivity contribution in [3.05, 3.63) is 82.1 Å². The number of anilines is 1. The number of thiazole rings is 1. The highest BCUT2D eigenvalue weighted by atomic mass is 32.1. The maximum atomic E-state index is 14.7. The van der Waals surface area contributed by atoms with E-state index in [2.05, 4.69) is 39.0 Å². The second kappa shape index (κ2) is 8.82. The van der Waals surface area contributed by atoms with Gasteiger partial charge in [-0.2, -0.15) is 0 Å². The van der Waals surface area contributed by atoms with Crippen LogP contribution in [0.15, 0.2) is 60.1 Å². The average molecular weight is 398 g/mol. The zero-order valence-corrected chi connectivity index (χ0v) is 16.5. The Bertz CT molecular complexity index is 880. The van der Waals surface area contributed by atoms with Crippen molar-refractivity contribution in [2.75, 3.05) is 37.6 Å². The molecule has 2 aromatic carbocycles. The van der Waals surface area contributed by atoms with Gasteiger partial charge in [-0.05, 0) is 18.1 Å². The number of piperazine rings is 1. The van der Waals surface area contributed by atoms with Crippen LogP contribution < -0.4 is 4.90 Å². The molecule has 3 aromatic rings. The van der Waals surface area contributed by atoms with Gasteiger partial charge in [0.15, 0.2) is 0 Å². The summed E-state index contributed by atoms with van der Waals surface area (Å²) in [4.78, 5) is 8.67. The van der Waals surface area contributed by atoms with Crippen molar-refractivity contribution >= 4 is 17.0 Å². The zero-order valence-electron chi connectivity index (χ0n) is 15.7. The van der Waals surface area contributed by atoms with Gasteiger partial charge < -0.3 is 10.0 Å². The normalized spacial score (nSPS) is 16.3. The number of aromatic nitrogens is 1. The molecule has 1 aliphatic heterocycles. The highest BCUT2D eigenvalue weighted by Crippen LogP contribution is 2.34. The van der Waals surface area contributed by atoms with Crippen LogP contribution in [0.1, 0.15) is 22.2 Å². The molecule has 28 heavy (non-hydrogen) atoms. The summed E-state index contributed by atoms with van der Waals surface area (Å²) >= 11 is 1.38. The van der Waals surface area contributed by atoms with E-state index in [0.29, 0.717) is 16.3 Å². The molecular weight excluding hydrogens is 373 g/mol. The lowest BCUT2D eigenvalue weighted by molar-refractivity contribution is 0.218. The molecule has 146 valence electrons. The second-order valence-corrected chi connectivity index (χ2v) is 7.94. The van der Waals surface area contributed by atoms with Crippen molar-refractivity contribution in [2.24, 2.45) is 0 Å². The highest BCUT2D eigenvalue weighted by molar-refractivity contribution is 7.09. The fraction of sp³-hybridized carbons (Fsp3) is 0.318. The maximum Gasteiger partial charge on any atom is 0.146 e. The summed E-state index contributed by atoms with van der Waals surface area (Å²) < 4.78 is 14.7. The van der Waals surface area contributed by atoms with Crippen LogP contribution in [0.3, 0.4) is 0 Å². The van der Waals surface area contributed by atoms with E-state index < -0.39 is 6.10 Å². The van der Waals surface area contributed by atoms with Crippen LogP contribution in [0.5, 0.6) is 0 Å². The summed E-state index contributed by atoms with van der Waals surface area (Å²) in [5, 5.41) is 13.1. The van der Waals surface area contributed by atoms with Crippen LogP contribution in [0.2, 0.25) is 0 Å². The van der Waals surface area contributed by atoms with Gasteiger partial charge in [0.2, 0.25) is 0 Å². The van der Waals surface area contributed by atoms with Crippen molar-refractivity contribution in [3.8, 4) is 0 Å². The summed E-state index contributed by atoms with van der Waals surface area (Å²) in [5.41, 5.74) is 2.44. The number of para-hydroxylation sites is 1. The quantitative estimate of drug-likeness (QED) is 0.688. The minimum absolute atomic E-state index is 0.286. The van der Waals surface area contributed by atoms with Gasteiger partial charge >= 0.3 is 0 Å². The van der Waals surface area contributed by atoms with Gasteiger partial charge in [0.25, 0.3) is 0 Å². The number of aliphatic hydroxyl groups is 1. The Morgan fingerprint density at radius 1 is 1.04 bits per heavy atom. The van der Waals surface area contributed by atoms with Crippen molar-refractivity contribution < 1.29 is 9.50 Å². The molecule has 6 heteroatoms. The predicted molar refractivity (Wildman–Crippen MR) is 111 cm³/mol. The Balaban J connectivity index is 1.43. The maximum absolute atomic E-state index is 14.7. The Morgan fingerprint density at radius 2 is 1.82 bits per heavy atom. The van der Waals surface area contributed by atoms with Gasteiger partial charge in [0, 0.05) is 49.9 Å². The molecule has 1 unspecified atom stereocenters. The molecule has 4 nitrogen and oxygen atoms in total. The van der Waals surface area contributed by atoms with E-state index in [4.69, 9.17) is 0 Å². The molecule has 4 rings (SSSR count). The molecule has 0 bridgehead atoms. The second-order valence-electron chi connectivity index (χ2n) is 7.01. The SMILES string of the molecule is OC(c1nccs1)c1cccc(F)c1N1CCN(CCc2ccccc2)CC1. The van der Waals surface area contributed by atoms with Crippen molar-refractivity contribution in [1.29, 1.82) is 0 Å². The van der Waals surface area contributed by atoms with E-state index in [1.165, 1.54) is 23.0 Å². The third-order valence-electron chi connectivity index (χ3n) is 5.25. The van der Waals surface area contributed by atoms with E-state index >= 15 is 0 Å². The van der Waals surface area contributed by atoms with Crippen LogP contribution in [0.4, 0.5) is 10.1 Å². The Morgan fingerprint density at radius 3 is 2.54 bits per heavy atom. The molecule has 1 N–H and O–H groups in total. The molecule has 1 aromatic heterocycles. The smallest absolute Gasteiger partial charge is 0.146 e. The molecule has 0 amide bonds. The lowest BCUT2D eigenvalue weighted by Crippen LogP contribution is -2.47. The summed E-state index contributed by atoms with van der Waals surface area (Å²) in [6.45, 7) is 4.26. The van der Waals surface area contributed by atoms with Gasteiger partial charge in [-0.25, -0.2) is 9.37 Å². The molecule has 0 aliphatic carbocycles. The van der Waals surface area contributed by atoms with E-state index in [-0.39, 0.29) is 5.82 Å². The summed E-state index contributed by atoms with van der Waals surface area (Å²) in [7, 11) is 0. The van der Waals surface area contributed by atoms with Crippen LogP contribution in [-0.2, 0) is 6.42 Å². The first kappa shape index (κ1) is 19.1. The third-order valence-corrected chi connectivity index (χ3v) is 6.07. The van der Waals surface area contributed by atoms with Crippen LogP contribution in [0.25, 0.3) is 0 Å². The zero-order chi connectivity index (χ0) is 19.3. The van der Waals surface area contributed by atoms with Gasteiger partial charge in [-0.1, -0.05) is 42.5 Å². The molecule has 2 heterocycles. The predicted octanol–water partition coefficient (Wildman–Crippen LogP) is 3.73. The number of benzene rings is 2. The molecule has 1 aliphatic rings. The average Bonchev–Trinajstić information content (AvgIpc) is 3.28. The Hall–Kier alpha value is -2.28. The molecule has 0 spiro atoms.